The van der Waals surface area contributed by atoms with E-state index in [1.807, 2.05) is 6.92 Å². The second kappa shape index (κ2) is 4.28. The predicted molar refractivity (Wildman–Crippen MR) is 66.3 cm³/mol. The Balaban J connectivity index is 2.08. The summed E-state index contributed by atoms with van der Waals surface area (Å²) in [6, 6.07) is 8.84. The molecule has 0 aliphatic heterocycles. The van der Waals surface area contributed by atoms with E-state index < -0.39 is 0 Å². The Kier molecular flexibility index (Phi) is 2.99. The molecule has 1 aromatic carbocycles. The number of benzene rings is 1. The van der Waals surface area contributed by atoms with Gasteiger partial charge < -0.3 is 5.21 Å². The molecule has 1 aliphatic carbocycles. The van der Waals surface area contributed by atoms with Crippen molar-refractivity contribution in [3.8, 4) is 0 Å². The van der Waals surface area contributed by atoms with Crippen LogP contribution in [-0.2, 0) is 0 Å². The first-order valence-corrected chi connectivity index (χ1v) is 5.92. The van der Waals surface area contributed by atoms with Gasteiger partial charge in [-0.15, -0.1) is 0 Å². The molecule has 1 aliphatic rings. The summed E-state index contributed by atoms with van der Waals surface area (Å²) in [5.41, 5.74) is 3.61. The standard InChI is InChI=1S/C14H19NO/c1-9(2)11-4-6-12(7-5-11)14-8-13(14)10(3)15-16/h4-7,9,13-14,16H,8H2,1-3H3. The van der Waals surface area contributed by atoms with E-state index in [1.165, 1.54) is 11.1 Å². The second-order valence-corrected chi connectivity index (χ2v) is 5.01. The summed E-state index contributed by atoms with van der Waals surface area (Å²) in [7, 11) is 0. The van der Waals surface area contributed by atoms with Crippen molar-refractivity contribution in [3.63, 3.8) is 0 Å². The summed E-state index contributed by atoms with van der Waals surface area (Å²) in [4.78, 5) is 0. The molecule has 0 saturated heterocycles. The average molecular weight is 217 g/mol. The van der Waals surface area contributed by atoms with Gasteiger partial charge in [0, 0.05) is 5.92 Å². The van der Waals surface area contributed by atoms with Crippen LogP contribution in [0.15, 0.2) is 29.4 Å². The zero-order valence-electron chi connectivity index (χ0n) is 10.1. The third kappa shape index (κ3) is 2.11. The Hall–Kier alpha value is -1.31. The third-order valence-electron chi connectivity index (χ3n) is 3.52. The van der Waals surface area contributed by atoms with Gasteiger partial charge in [-0.2, -0.15) is 0 Å². The van der Waals surface area contributed by atoms with Gasteiger partial charge in [-0.3, -0.25) is 0 Å². The van der Waals surface area contributed by atoms with Gasteiger partial charge in [0.1, 0.15) is 0 Å². The molecule has 0 heterocycles. The smallest absolute Gasteiger partial charge is 0.0577 e. The maximum atomic E-state index is 8.71. The van der Waals surface area contributed by atoms with Gasteiger partial charge in [0.2, 0.25) is 0 Å². The minimum atomic E-state index is 0.454. The fourth-order valence-electron chi connectivity index (χ4n) is 2.23. The zero-order valence-corrected chi connectivity index (χ0v) is 10.1. The summed E-state index contributed by atoms with van der Waals surface area (Å²) in [5, 5.41) is 12.0. The molecule has 1 fully saturated rings. The summed E-state index contributed by atoms with van der Waals surface area (Å²) >= 11 is 0. The Morgan fingerprint density at radius 3 is 2.44 bits per heavy atom. The number of hydrogen-bond acceptors (Lipinski definition) is 2. The van der Waals surface area contributed by atoms with E-state index in [1.54, 1.807) is 0 Å². The van der Waals surface area contributed by atoms with Crippen LogP contribution in [0.2, 0.25) is 0 Å². The Morgan fingerprint density at radius 1 is 1.31 bits per heavy atom. The Bertz CT molecular complexity index is 392. The molecule has 16 heavy (non-hydrogen) atoms. The molecule has 0 aromatic heterocycles. The summed E-state index contributed by atoms with van der Waals surface area (Å²) in [5.74, 6) is 1.61. The molecule has 1 N–H and O–H groups in total. The maximum Gasteiger partial charge on any atom is 0.0577 e. The minimum absolute atomic E-state index is 0.454. The van der Waals surface area contributed by atoms with Crippen molar-refractivity contribution in [2.45, 2.75) is 39.0 Å². The van der Waals surface area contributed by atoms with E-state index >= 15 is 0 Å². The van der Waals surface area contributed by atoms with Gasteiger partial charge in [0.15, 0.2) is 0 Å². The second-order valence-electron chi connectivity index (χ2n) is 5.01. The molecule has 1 saturated carbocycles. The predicted octanol–water partition coefficient (Wildman–Crippen LogP) is 3.76. The minimum Gasteiger partial charge on any atom is -0.411 e. The van der Waals surface area contributed by atoms with Crippen molar-refractivity contribution in [1.29, 1.82) is 0 Å². The van der Waals surface area contributed by atoms with Crippen molar-refractivity contribution in [2.75, 3.05) is 0 Å². The fourth-order valence-corrected chi connectivity index (χ4v) is 2.23. The highest BCUT2D eigenvalue weighted by atomic mass is 16.4. The molecule has 2 heteroatoms. The van der Waals surface area contributed by atoms with Crippen LogP contribution in [0.1, 0.15) is 50.2 Å². The Morgan fingerprint density at radius 2 is 1.94 bits per heavy atom. The van der Waals surface area contributed by atoms with Crippen molar-refractivity contribution in [1.82, 2.24) is 0 Å². The normalized spacial score (nSPS) is 24.9. The van der Waals surface area contributed by atoms with E-state index in [9.17, 15) is 0 Å². The molecule has 2 rings (SSSR count). The lowest BCUT2D eigenvalue weighted by atomic mass is 9.99. The summed E-state index contributed by atoms with van der Waals surface area (Å²) < 4.78 is 0. The highest BCUT2D eigenvalue weighted by molar-refractivity contribution is 5.87. The number of oxime groups is 1. The van der Waals surface area contributed by atoms with E-state index in [0.29, 0.717) is 17.8 Å². The summed E-state index contributed by atoms with van der Waals surface area (Å²) in [6.07, 6.45) is 1.12. The van der Waals surface area contributed by atoms with Crippen molar-refractivity contribution in [2.24, 2.45) is 11.1 Å². The number of hydrogen-bond donors (Lipinski definition) is 1. The monoisotopic (exact) mass is 217 g/mol. The van der Waals surface area contributed by atoms with Crippen molar-refractivity contribution >= 4 is 5.71 Å². The first-order valence-electron chi connectivity index (χ1n) is 5.92. The lowest BCUT2D eigenvalue weighted by molar-refractivity contribution is 0.316. The van der Waals surface area contributed by atoms with Crippen molar-refractivity contribution in [3.05, 3.63) is 35.4 Å². The van der Waals surface area contributed by atoms with Gasteiger partial charge >= 0.3 is 0 Å². The van der Waals surface area contributed by atoms with Crippen LogP contribution in [0.25, 0.3) is 0 Å². The van der Waals surface area contributed by atoms with E-state index in [-0.39, 0.29) is 0 Å². The van der Waals surface area contributed by atoms with Crippen LogP contribution in [0.5, 0.6) is 0 Å². The molecule has 2 atom stereocenters. The lowest BCUT2D eigenvalue weighted by Crippen LogP contribution is -1.96. The van der Waals surface area contributed by atoms with E-state index in [4.69, 9.17) is 5.21 Å². The topological polar surface area (TPSA) is 32.6 Å². The number of nitrogens with zero attached hydrogens (tertiary/aromatic N) is 1. The van der Waals surface area contributed by atoms with Crippen LogP contribution in [0.4, 0.5) is 0 Å². The average Bonchev–Trinajstić information content (AvgIpc) is 3.08. The molecule has 0 spiro atoms. The van der Waals surface area contributed by atoms with Crippen LogP contribution in [0.3, 0.4) is 0 Å². The lowest BCUT2D eigenvalue weighted by Gasteiger charge is -2.06. The van der Waals surface area contributed by atoms with Crippen LogP contribution in [0, 0.1) is 5.92 Å². The van der Waals surface area contributed by atoms with Gasteiger partial charge in [0.05, 0.1) is 5.71 Å². The van der Waals surface area contributed by atoms with E-state index in [0.717, 1.165) is 12.1 Å². The SMILES string of the molecule is CC(=NO)C1CC1c1ccc(C(C)C)cc1. The van der Waals surface area contributed by atoms with Crippen LogP contribution >= 0.6 is 0 Å². The highest BCUT2D eigenvalue weighted by Crippen LogP contribution is 2.48. The quantitative estimate of drug-likeness (QED) is 0.466. The zero-order chi connectivity index (χ0) is 11.7. The highest BCUT2D eigenvalue weighted by Gasteiger charge is 2.40. The molecule has 2 nitrogen and oxygen atoms in total. The molecule has 1 aromatic rings. The molecular formula is C14H19NO. The summed E-state index contributed by atoms with van der Waals surface area (Å²) in [6.45, 7) is 6.31. The molecular weight excluding hydrogens is 198 g/mol. The Labute approximate surface area is 97.0 Å². The molecule has 0 bridgehead atoms. The third-order valence-corrected chi connectivity index (χ3v) is 3.52. The van der Waals surface area contributed by atoms with Gasteiger partial charge in [0.25, 0.3) is 0 Å². The first-order chi connectivity index (χ1) is 7.63. The number of rotatable bonds is 3. The van der Waals surface area contributed by atoms with Crippen molar-refractivity contribution < 1.29 is 5.21 Å². The van der Waals surface area contributed by atoms with Crippen LogP contribution in [-0.4, -0.2) is 10.9 Å². The molecule has 86 valence electrons. The van der Waals surface area contributed by atoms with Gasteiger partial charge in [-0.05, 0) is 36.3 Å². The van der Waals surface area contributed by atoms with Gasteiger partial charge in [-0.25, -0.2) is 0 Å². The first kappa shape index (κ1) is 11.2. The molecule has 0 radical (unpaired) electrons. The maximum absolute atomic E-state index is 8.71. The van der Waals surface area contributed by atoms with Gasteiger partial charge in [-0.1, -0.05) is 43.3 Å². The van der Waals surface area contributed by atoms with E-state index in [2.05, 4.69) is 43.3 Å². The molecule has 2 unspecified atom stereocenters. The fraction of sp³-hybridized carbons (Fsp3) is 0.500. The largest absolute Gasteiger partial charge is 0.411 e. The van der Waals surface area contributed by atoms with Crippen LogP contribution < -0.4 is 0 Å². The molecule has 0 amide bonds.